The Bertz CT molecular complexity index is 655. The van der Waals surface area contributed by atoms with Crippen LogP contribution in [0.4, 0.5) is 0 Å². The van der Waals surface area contributed by atoms with Crippen LogP contribution in [0, 0.1) is 0 Å². The van der Waals surface area contributed by atoms with Crippen molar-refractivity contribution in [1.82, 2.24) is 5.32 Å². The van der Waals surface area contributed by atoms with E-state index in [-0.39, 0.29) is 0 Å². The highest BCUT2D eigenvalue weighted by atomic mass is 16.5. The Morgan fingerprint density at radius 2 is 1.28 bits per heavy atom. The summed E-state index contributed by atoms with van der Waals surface area (Å²) in [6, 6.07) is 15.1. The summed E-state index contributed by atoms with van der Waals surface area (Å²) in [6.07, 6.45) is 1.92. The van der Waals surface area contributed by atoms with Gasteiger partial charge in [0, 0.05) is 12.1 Å². The first-order valence-electron chi connectivity index (χ1n) is 8.65. The number of rotatable bonds is 9. The minimum atomic E-state index is 0.367. The zero-order chi connectivity index (χ0) is 18.2. The molecule has 136 valence electrons. The van der Waals surface area contributed by atoms with Crippen LogP contribution in [-0.4, -0.2) is 33.4 Å². The molecule has 2 rings (SSSR count). The molecule has 0 bridgehead atoms. The number of hydrogen-bond donors (Lipinski definition) is 1. The Balaban J connectivity index is 1.89. The van der Waals surface area contributed by atoms with Crippen molar-refractivity contribution in [2.75, 3.05) is 21.3 Å². The zero-order valence-corrected chi connectivity index (χ0v) is 15.8. The molecule has 4 heteroatoms. The standard InChI is InChI=1S/C21H29NO3/c1-15(12-17-6-9-19(23-3)10-7-17)22-16(2)13-18-8-11-20(24-4)21(14-18)25-5/h6-11,14-16,22H,12-13H2,1-5H3/t15-,16+/m0/s1. The summed E-state index contributed by atoms with van der Waals surface area (Å²) in [4.78, 5) is 0. The van der Waals surface area contributed by atoms with Gasteiger partial charge in [-0.05, 0) is 62.1 Å². The van der Waals surface area contributed by atoms with Gasteiger partial charge in [0.25, 0.3) is 0 Å². The molecular weight excluding hydrogens is 314 g/mol. The third-order valence-corrected chi connectivity index (χ3v) is 4.26. The van der Waals surface area contributed by atoms with E-state index in [1.54, 1.807) is 21.3 Å². The van der Waals surface area contributed by atoms with E-state index in [2.05, 4.69) is 37.4 Å². The summed E-state index contributed by atoms with van der Waals surface area (Å²) in [7, 11) is 5.01. The Morgan fingerprint density at radius 3 is 1.84 bits per heavy atom. The predicted molar refractivity (Wildman–Crippen MR) is 102 cm³/mol. The van der Waals surface area contributed by atoms with Crippen molar-refractivity contribution >= 4 is 0 Å². The fourth-order valence-electron chi connectivity index (χ4n) is 3.08. The normalized spacial score (nSPS) is 13.2. The van der Waals surface area contributed by atoms with Gasteiger partial charge in [-0.3, -0.25) is 0 Å². The topological polar surface area (TPSA) is 39.7 Å². The molecule has 2 aromatic rings. The summed E-state index contributed by atoms with van der Waals surface area (Å²) < 4.78 is 15.9. The van der Waals surface area contributed by atoms with Crippen molar-refractivity contribution in [2.45, 2.75) is 38.8 Å². The molecule has 25 heavy (non-hydrogen) atoms. The van der Waals surface area contributed by atoms with Gasteiger partial charge in [0.1, 0.15) is 5.75 Å². The molecule has 0 aliphatic heterocycles. The van der Waals surface area contributed by atoms with Gasteiger partial charge in [-0.15, -0.1) is 0 Å². The van der Waals surface area contributed by atoms with E-state index in [4.69, 9.17) is 14.2 Å². The molecule has 0 saturated carbocycles. The van der Waals surface area contributed by atoms with Crippen LogP contribution in [0.15, 0.2) is 42.5 Å². The number of nitrogens with one attached hydrogen (secondary N) is 1. The molecule has 0 aromatic heterocycles. The molecular formula is C21H29NO3. The molecule has 0 saturated heterocycles. The van der Waals surface area contributed by atoms with Crippen molar-refractivity contribution in [3.8, 4) is 17.2 Å². The van der Waals surface area contributed by atoms with E-state index < -0.39 is 0 Å². The van der Waals surface area contributed by atoms with Crippen LogP contribution in [0.2, 0.25) is 0 Å². The zero-order valence-electron chi connectivity index (χ0n) is 15.8. The first-order chi connectivity index (χ1) is 12.0. The molecule has 0 aliphatic rings. The SMILES string of the molecule is COc1ccc(C[C@H](C)N[C@H](C)Cc2ccc(OC)c(OC)c2)cc1. The highest BCUT2D eigenvalue weighted by molar-refractivity contribution is 5.43. The molecule has 2 atom stereocenters. The van der Waals surface area contributed by atoms with E-state index >= 15 is 0 Å². The lowest BCUT2D eigenvalue weighted by molar-refractivity contribution is 0.354. The largest absolute Gasteiger partial charge is 0.497 e. The fraction of sp³-hybridized carbons (Fsp3) is 0.429. The van der Waals surface area contributed by atoms with E-state index in [0.717, 1.165) is 30.1 Å². The highest BCUT2D eigenvalue weighted by Gasteiger charge is 2.11. The van der Waals surface area contributed by atoms with Gasteiger partial charge in [-0.1, -0.05) is 18.2 Å². The summed E-state index contributed by atoms with van der Waals surface area (Å²) in [5.41, 5.74) is 2.54. The molecule has 0 heterocycles. The molecule has 4 nitrogen and oxygen atoms in total. The maximum Gasteiger partial charge on any atom is 0.160 e. The Hall–Kier alpha value is -2.20. The molecule has 0 spiro atoms. The van der Waals surface area contributed by atoms with Crippen molar-refractivity contribution in [2.24, 2.45) is 0 Å². The maximum absolute atomic E-state index is 5.38. The second-order valence-electron chi connectivity index (χ2n) is 6.41. The second-order valence-corrected chi connectivity index (χ2v) is 6.41. The highest BCUT2D eigenvalue weighted by Crippen LogP contribution is 2.28. The minimum Gasteiger partial charge on any atom is -0.497 e. The number of hydrogen-bond acceptors (Lipinski definition) is 4. The average molecular weight is 343 g/mol. The third-order valence-electron chi connectivity index (χ3n) is 4.26. The van der Waals surface area contributed by atoms with Gasteiger partial charge in [-0.25, -0.2) is 0 Å². The van der Waals surface area contributed by atoms with Gasteiger partial charge in [-0.2, -0.15) is 0 Å². The lowest BCUT2D eigenvalue weighted by Gasteiger charge is -2.21. The van der Waals surface area contributed by atoms with Crippen LogP contribution in [-0.2, 0) is 12.8 Å². The van der Waals surface area contributed by atoms with Crippen LogP contribution >= 0.6 is 0 Å². The summed E-state index contributed by atoms with van der Waals surface area (Å²) >= 11 is 0. The molecule has 2 aromatic carbocycles. The maximum atomic E-state index is 5.38. The quantitative estimate of drug-likeness (QED) is 0.750. The summed E-state index contributed by atoms with van der Waals surface area (Å²) in [6.45, 7) is 4.43. The monoisotopic (exact) mass is 343 g/mol. The minimum absolute atomic E-state index is 0.367. The predicted octanol–water partition coefficient (Wildman–Crippen LogP) is 3.86. The van der Waals surface area contributed by atoms with Crippen LogP contribution in [0.5, 0.6) is 17.2 Å². The summed E-state index contributed by atoms with van der Waals surface area (Å²) in [5.74, 6) is 2.43. The van der Waals surface area contributed by atoms with E-state index in [1.165, 1.54) is 11.1 Å². The summed E-state index contributed by atoms with van der Waals surface area (Å²) in [5, 5.41) is 3.67. The van der Waals surface area contributed by atoms with Gasteiger partial charge in [0.15, 0.2) is 11.5 Å². The van der Waals surface area contributed by atoms with Gasteiger partial charge in [0.2, 0.25) is 0 Å². The van der Waals surface area contributed by atoms with E-state index in [9.17, 15) is 0 Å². The Kier molecular flexibility index (Phi) is 7.14. The lowest BCUT2D eigenvalue weighted by Crippen LogP contribution is -2.37. The van der Waals surface area contributed by atoms with Crippen LogP contribution in [0.25, 0.3) is 0 Å². The number of methoxy groups -OCH3 is 3. The second kappa shape index (κ2) is 9.33. The molecule has 0 aliphatic carbocycles. The average Bonchev–Trinajstić information content (AvgIpc) is 2.62. The fourth-order valence-corrected chi connectivity index (χ4v) is 3.08. The molecule has 0 fully saturated rings. The van der Waals surface area contributed by atoms with Gasteiger partial charge in [0.05, 0.1) is 21.3 Å². The van der Waals surface area contributed by atoms with Crippen molar-refractivity contribution < 1.29 is 14.2 Å². The molecule has 0 amide bonds. The van der Waals surface area contributed by atoms with Gasteiger partial charge < -0.3 is 19.5 Å². The van der Waals surface area contributed by atoms with E-state index in [0.29, 0.717) is 12.1 Å². The number of ether oxygens (including phenoxy) is 3. The molecule has 0 radical (unpaired) electrons. The van der Waals surface area contributed by atoms with Crippen LogP contribution in [0.1, 0.15) is 25.0 Å². The van der Waals surface area contributed by atoms with Crippen molar-refractivity contribution in [3.05, 3.63) is 53.6 Å². The van der Waals surface area contributed by atoms with E-state index in [1.807, 2.05) is 24.3 Å². The first kappa shape index (κ1) is 19.1. The molecule has 1 N–H and O–H groups in total. The van der Waals surface area contributed by atoms with Crippen LogP contribution < -0.4 is 19.5 Å². The Labute approximate surface area is 151 Å². The number of benzene rings is 2. The smallest absolute Gasteiger partial charge is 0.160 e. The first-order valence-corrected chi connectivity index (χ1v) is 8.65. The molecule has 0 unspecified atom stereocenters. The van der Waals surface area contributed by atoms with Crippen molar-refractivity contribution in [1.29, 1.82) is 0 Å². The van der Waals surface area contributed by atoms with Crippen molar-refractivity contribution in [3.63, 3.8) is 0 Å². The van der Waals surface area contributed by atoms with Gasteiger partial charge >= 0.3 is 0 Å². The lowest BCUT2D eigenvalue weighted by atomic mass is 10.0. The Morgan fingerprint density at radius 1 is 0.720 bits per heavy atom. The third kappa shape index (κ3) is 5.68. The van der Waals surface area contributed by atoms with Crippen LogP contribution in [0.3, 0.4) is 0 Å².